The molecule has 0 spiro atoms. The molecule has 0 saturated heterocycles. The minimum atomic E-state index is 0.648. The predicted octanol–water partition coefficient (Wildman–Crippen LogP) is 1.63. The fraction of sp³-hybridized carbons (Fsp3) is 0.500. The van der Waals surface area contributed by atoms with Crippen LogP contribution in [0.2, 0.25) is 0 Å². The van der Waals surface area contributed by atoms with E-state index >= 15 is 0 Å². The molecule has 2 aromatic heterocycles. The van der Waals surface area contributed by atoms with Crippen molar-refractivity contribution >= 4 is 30.2 Å². The molecule has 0 N–H and O–H groups in total. The van der Waals surface area contributed by atoms with Crippen molar-refractivity contribution in [2.45, 2.75) is 35.9 Å². The number of aryl methyl sites for hydroxylation is 1. The van der Waals surface area contributed by atoms with E-state index in [2.05, 4.69) is 15.1 Å². The second-order valence-corrected chi connectivity index (χ2v) is 5.02. The van der Waals surface area contributed by atoms with Gasteiger partial charge in [-0.3, -0.25) is 0 Å². The Morgan fingerprint density at radius 3 is 2.88 bits per heavy atom. The molecule has 1 aliphatic carbocycles. The molecule has 0 amide bonds. The van der Waals surface area contributed by atoms with Crippen LogP contribution in [0.1, 0.15) is 24.1 Å². The van der Waals surface area contributed by atoms with E-state index < -0.39 is 0 Å². The topological polar surface area (TPSA) is 43.1 Å². The van der Waals surface area contributed by atoms with Gasteiger partial charge in [-0.2, -0.15) is 4.98 Å². The van der Waals surface area contributed by atoms with Crippen molar-refractivity contribution in [3.05, 3.63) is 11.3 Å². The van der Waals surface area contributed by atoms with Gasteiger partial charge in [0.2, 0.25) is 5.16 Å². The molecule has 6 heteroatoms. The summed E-state index contributed by atoms with van der Waals surface area (Å²) in [6.07, 6.45) is 6.42. The molecule has 0 unspecified atom stereocenters. The molecule has 0 fully saturated rings. The zero-order valence-corrected chi connectivity index (χ0v) is 10.6. The van der Waals surface area contributed by atoms with E-state index in [1.54, 1.807) is 4.52 Å². The van der Waals surface area contributed by atoms with Gasteiger partial charge in [-0.25, -0.2) is 9.50 Å². The maximum Gasteiger partial charge on any atom is 0.251 e. The molecular formula is C10H11N4S2-. The summed E-state index contributed by atoms with van der Waals surface area (Å²) in [6.45, 7) is 0. The molecule has 84 valence electrons. The minimum absolute atomic E-state index is 0.648. The first kappa shape index (κ1) is 10.3. The van der Waals surface area contributed by atoms with Gasteiger partial charge < -0.3 is 12.6 Å². The van der Waals surface area contributed by atoms with Crippen molar-refractivity contribution in [3.8, 4) is 0 Å². The Bertz CT molecular complexity index is 549. The number of aromatic nitrogens is 4. The molecule has 0 aromatic carbocycles. The summed E-state index contributed by atoms with van der Waals surface area (Å²) >= 11 is 6.97. The number of hydrogen-bond acceptors (Lipinski definition) is 5. The Hall–Kier alpha value is -0.880. The third kappa shape index (κ3) is 1.48. The Kier molecular flexibility index (Phi) is 2.48. The Labute approximate surface area is 103 Å². The lowest BCUT2D eigenvalue weighted by Gasteiger charge is -2.21. The molecule has 0 radical (unpaired) electrons. The summed E-state index contributed by atoms with van der Waals surface area (Å²) in [7, 11) is 0. The first-order chi connectivity index (χ1) is 7.79. The summed E-state index contributed by atoms with van der Waals surface area (Å²) in [6, 6.07) is 0. The average molecular weight is 251 g/mol. The van der Waals surface area contributed by atoms with E-state index in [4.69, 9.17) is 12.6 Å². The Morgan fingerprint density at radius 1 is 1.25 bits per heavy atom. The zero-order chi connectivity index (χ0) is 11.1. The molecule has 16 heavy (non-hydrogen) atoms. The summed E-state index contributed by atoms with van der Waals surface area (Å²) in [5, 5.41) is 5.88. The minimum Gasteiger partial charge on any atom is -0.760 e. The number of hydrogen-bond donors (Lipinski definition) is 0. The second-order valence-electron chi connectivity index (χ2n) is 3.86. The van der Waals surface area contributed by atoms with Crippen molar-refractivity contribution < 1.29 is 0 Å². The third-order valence-corrected chi connectivity index (χ3v) is 3.83. The maximum absolute atomic E-state index is 5.45. The normalized spacial score (nSPS) is 15.3. The Morgan fingerprint density at radius 2 is 2.06 bits per heavy atom. The van der Waals surface area contributed by atoms with Crippen LogP contribution in [0.15, 0.2) is 10.2 Å². The van der Waals surface area contributed by atoms with Crippen molar-refractivity contribution in [3.63, 3.8) is 0 Å². The summed E-state index contributed by atoms with van der Waals surface area (Å²) in [5.74, 6) is 0.648. The van der Waals surface area contributed by atoms with Crippen LogP contribution >= 0.6 is 11.8 Å². The molecule has 1 aliphatic rings. The molecule has 2 heterocycles. The fourth-order valence-electron chi connectivity index (χ4n) is 2.07. The maximum atomic E-state index is 5.45. The highest BCUT2D eigenvalue weighted by atomic mass is 32.2. The van der Waals surface area contributed by atoms with E-state index in [0.29, 0.717) is 5.78 Å². The zero-order valence-electron chi connectivity index (χ0n) is 8.93. The van der Waals surface area contributed by atoms with Crippen molar-refractivity contribution in [1.29, 1.82) is 0 Å². The van der Waals surface area contributed by atoms with Gasteiger partial charge in [-0.05, 0) is 37.5 Å². The molecule has 0 atom stereocenters. The average Bonchev–Trinajstić information content (AvgIpc) is 2.73. The van der Waals surface area contributed by atoms with E-state index in [-0.39, 0.29) is 0 Å². The van der Waals surface area contributed by atoms with Gasteiger partial charge in [0.25, 0.3) is 5.78 Å². The molecule has 0 bridgehead atoms. The number of rotatable bonds is 1. The van der Waals surface area contributed by atoms with Crippen LogP contribution in [0.4, 0.5) is 0 Å². The van der Waals surface area contributed by atoms with E-state index in [0.717, 1.165) is 28.7 Å². The van der Waals surface area contributed by atoms with Crippen LogP contribution in [0, 0.1) is 0 Å². The number of fused-ring (bicyclic) bond motifs is 2. The molecule has 0 aliphatic heterocycles. The standard InChI is InChI=1S/C10H12N4S2/c1-16-10-12-9-11-7-5-3-2-4-6(7)8(15)14(9)13-10/h15H,2-5H2,1H3/p-1. The fourth-order valence-corrected chi connectivity index (χ4v) is 2.75. The summed E-state index contributed by atoms with van der Waals surface area (Å²) in [4.78, 5) is 8.89. The van der Waals surface area contributed by atoms with Crippen LogP contribution in [-0.2, 0) is 25.5 Å². The van der Waals surface area contributed by atoms with Crippen molar-refractivity contribution in [2.24, 2.45) is 0 Å². The van der Waals surface area contributed by atoms with Gasteiger partial charge in [0, 0.05) is 5.69 Å². The lowest BCUT2D eigenvalue weighted by molar-refractivity contribution is 0.634. The van der Waals surface area contributed by atoms with Gasteiger partial charge in [-0.15, -0.1) is 5.10 Å². The monoisotopic (exact) mass is 251 g/mol. The van der Waals surface area contributed by atoms with Gasteiger partial charge in [-0.1, -0.05) is 16.8 Å². The van der Waals surface area contributed by atoms with Crippen molar-refractivity contribution in [1.82, 2.24) is 19.6 Å². The van der Waals surface area contributed by atoms with Gasteiger partial charge in [0.05, 0.1) is 0 Å². The van der Waals surface area contributed by atoms with Crippen LogP contribution in [-0.4, -0.2) is 25.8 Å². The van der Waals surface area contributed by atoms with Crippen molar-refractivity contribution in [2.75, 3.05) is 6.26 Å². The smallest absolute Gasteiger partial charge is 0.251 e. The van der Waals surface area contributed by atoms with Gasteiger partial charge in [0.1, 0.15) is 0 Å². The van der Waals surface area contributed by atoms with E-state index in [1.165, 1.54) is 30.2 Å². The predicted molar refractivity (Wildman–Crippen MR) is 64.8 cm³/mol. The highest BCUT2D eigenvalue weighted by Crippen LogP contribution is 2.24. The summed E-state index contributed by atoms with van der Waals surface area (Å²) < 4.78 is 1.70. The molecular weight excluding hydrogens is 240 g/mol. The summed E-state index contributed by atoms with van der Waals surface area (Å²) in [5.41, 5.74) is 2.33. The highest BCUT2D eigenvalue weighted by molar-refractivity contribution is 7.98. The SMILES string of the molecule is CSc1nc2nc3c(c([S-])n2n1)CCCC3. The Balaban J connectivity index is 2.28. The van der Waals surface area contributed by atoms with E-state index in [1.807, 2.05) is 6.26 Å². The van der Waals surface area contributed by atoms with Crippen LogP contribution in [0.5, 0.6) is 0 Å². The first-order valence-corrected chi connectivity index (χ1v) is 6.92. The van der Waals surface area contributed by atoms with Crippen LogP contribution < -0.4 is 0 Å². The first-order valence-electron chi connectivity index (χ1n) is 5.29. The molecule has 0 saturated carbocycles. The highest BCUT2D eigenvalue weighted by Gasteiger charge is 2.14. The van der Waals surface area contributed by atoms with E-state index in [9.17, 15) is 0 Å². The number of nitrogens with zero attached hydrogens (tertiary/aromatic N) is 4. The lowest BCUT2D eigenvalue weighted by atomic mass is 9.97. The lowest BCUT2D eigenvalue weighted by Crippen LogP contribution is -2.11. The van der Waals surface area contributed by atoms with Gasteiger partial charge >= 0.3 is 0 Å². The van der Waals surface area contributed by atoms with Gasteiger partial charge in [0.15, 0.2) is 0 Å². The molecule has 4 nitrogen and oxygen atoms in total. The molecule has 2 aromatic rings. The molecule has 3 rings (SSSR count). The largest absolute Gasteiger partial charge is 0.760 e. The second kappa shape index (κ2) is 3.85. The quantitative estimate of drug-likeness (QED) is 0.438. The van der Waals surface area contributed by atoms with Crippen LogP contribution in [0.3, 0.4) is 0 Å². The third-order valence-electron chi connectivity index (χ3n) is 2.88. The van der Waals surface area contributed by atoms with Crippen LogP contribution in [0.25, 0.3) is 5.78 Å². The number of thioether (sulfide) groups is 1.